The Labute approximate surface area is 55.3 Å². The number of allylic oxidation sites excluding steroid dienone is 1. The summed E-state index contributed by atoms with van der Waals surface area (Å²) >= 11 is 4.84. The van der Waals surface area contributed by atoms with Gasteiger partial charge in [0.1, 0.15) is 0 Å². The molecule has 0 fully saturated rings. The molecular weight excluding hydrogens is 120 g/mol. The summed E-state index contributed by atoms with van der Waals surface area (Å²) in [6.45, 7) is 1.06. The van der Waals surface area contributed by atoms with Crippen LogP contribution in [-0.4, -0.2) is 6.54 Å². The normalized spacial score (nSPS) is 17.8. The molecule has 0 bridgehead atoms. The molecule has 0 aromatic heterocycles. The average molecular weight is 132 g/mol. The second kappa shape index (κ2) is 3.69. The van der Waals surface area contributed by atoms with E-state index in [0.29, 0.717) is 0 Å². The van der Waals surface area contributed by atoms with Gasteiger partial charge in [0.2, 0.25) is 0 Å². The lowest BCUT2D eigenvalue weighted by Gasteiger charge is -2.19. The van der Waals surface area contributed by atoms with E-state index >= 15 is 0 Å². The van der Waals surface area contributed by atoms with Gasteiger partial charge in [0.05, 0.1) is 0 Å². The largest absolute Gasteiger partial charge is 0.763 e. The molecule has 0 saturated carbocycles. The molecule has 1 aliphatic heterocycles. The van der Waals surface area contributed by atoms with Crippen LogP contribution >= 0.6 is 0 Å². The Morgan fingerprint density at radius 2 is 2.38 bits per heavy atom. The van der Waals surface area contributed by atoms with Gasteiger partial charge in [-0.2, -0.15) is 0 Å². The molecule has 2 nitrogen and oxygen atoms in total. The second-order valence-electron chi connectivity index (χ2n) is 1.64. The fourth-order valence-corrected chi connectivity index (χ4v) is 0.839. The molecule has 0 unspecified atom stereocenters. The van der Waals surface area contributed by atoms with Crippen molar-refractivity contribution >= 4 is 12.6 Å². The molecular formula is C5H12N2S. The third-order valence-corrected chi connectivity index (χ3v) is 1.32. The summed E-state index contributed by atoms with van der Waals surface area (Å²) in [7, 11) is 0. The van der Waals surface area contributed by atoms with Gasteiger partial charge in [0, 0.05) is 6.54 Å². The molecule has 5 N–H and O–H groups in total. The summed E-state index contributed by atoms with van der Waals surface area (Å²) in [5.74, 6) is 0. The lowest BCUT2D eigenvalue weighted by Crippen LogP contribution is -2.16. The van der Waals surface area contributed by atoms with E-state index in [-0.39, 0.29) is 6.15 Å². The number of nitrogens with one attached hydrogen (secondary N) is 1. The third-order valence-electron chi connectivity index (χ3n) is 1.01. The highest BCUT2D eigenvalue weighted by Gasteiger charge is 1.87. The van der Waals surface area contributed by atoms with E-state index < -0.39 is 0 Å². The molecule has 0 amide bonds. The smallest absolute Gasteiger partial charge is 0.0128 e. The van der Waals surface area contributed by atoms with Crippen LogP contribution in [0.25, 0.3) is 0 Å². The Bertz CT molecular complexity index is 90.4. The Balaban J connectivity index is 0.000000490. The van der Waals surface area contributed by atoms with E-state index in [0.717, 1.165) is 18.0 Å². The van der Waals surface area contributed by atoms with Crippen LogP contribution in [0.15, 0.2) is 11.1 Å². The lowest BCUT2D eigenvalue weighted by atomic mass is 10.2. The van der Waals surface area contributed by atoms with Gasteiger partial charge in [-0.25, -0.2) is 0 Å². The summed E-state index contributed by atoms with van der Waals surface area (Å²) in [5.41, 5.74) is 0. The molecule has 1 aliphatic rings. The Hall–Kier alpha value is -0.280. The van der Waals surface area contributed by atoms with Crippen molar-refractivity contribution in [2.45, 2.75) is 12.8 Å². The zero-order valence-electron chi connectivity index (χ0n) is 5.11. The van der Waals surface area contributed by atoms with Crippen molar-refractivity contribution in [3.63, 3.8) is 0 Å². The van der Waals surface area contributed by atoms with Crippen LogP contribution in [0.4, 0.5) is 0 Å². The summed E-state index contributed by atoms with van der Waals surface area (Å²) in [4.78, 5) is 0. The van der Waals surface area contributed by atoms with Crippen LogP contribution in [0.1, 0.15) is 12.8 Å². The van der Waals surface area contributed by atoms with Crippen molar-refractivity contribution in [2.24, 2.45) is 0 Å². The van der Waals surface area contributed by atoms with E-state index in [2.05, 4.69) is 11.4 Å². The fraction of sp³-hybridized carbons (Fsp3) is 0.600. The standard InChI is InChI=1S/C5H9NS.H3N/c7-5-3-1-2-4-6-5;/h3,6-7H,1-2,4H2;1H3. The van der Waals surface area contributed by atoms with Crippen LogP contribution < -0.4 is 11.5 Å². The lowest BCUT2D eigenvalue weighted by molar-refractivity contribution is 0.719. The van der Waals surface area contributed by atoms with Crippen LogP contribution in [-0.2, 0) is 12.6 Å². The first-order valence-electron chi connectivity index (χ1n) is 2.50. The van der Waals surface area contributed by atoms with Gasteiger partial charge in [0.25, 0.3) is 0 Å². The van der Waals surface area contributed by atoms with Crippen LogP contribution in [0.5, 0.6) is 0 Å². The van der Waals surface area contributed by atoms with Crippen molar-refractivity contribution in [3.8, 4) is 0 Å². The molecule has 0 aromatic carbocycles. The van der Waals surface area contributed by atoms with Gasteiger partial charge >= 0.3 is 0 Å². The van der Waals surface area contributed by atoms with Crippen molar-refractivity contribution in [1.82, 2.24) is 11.5 Å². The second-order valence-corrected chi connectivity index (χ2v) is 2.08. The maximum absolute atomic E-state index is 4.84. The van der Waals surface area contributed by atoms with Crippen LogP contribution in [0.2, 0.25) is 0 Å². The molecule has 0 radical (unpaired) electrons. The molecule has 8 heavy (non-hydrogen) atoms. The predicted molar refractivity (Wildman–Crippen MR) is 38.7 cm³/mol. The molecule has 0 atom stereocenters. The summed E-state index contributed by atoms with van der Waals surface area (Å²) in [5, 5.41) is 3.98. The Morgan fingerprint density at radius 1 is 1.62 bits per heavy atom. The first-order chi connectivity index (χ1) is 3.39. The molecule has 1 rings (SSSR count). The number of hydrogen-bond acceptors (Lipinski definition) is 2. The number of rotatable bonds is 0. The van der Waals surface area contributed by atoms with Crippen molar-refractivity contribution in [2.75, 3.05) is 6.54 Å². The van der Waals surface area contributed by atoms with Crippen molar-refractivity contribution in [3.05, 3.63) is 11.1 Å². The highest BCUT2D eigenvalue weighted by Crippen LogP contribution is 1.99. The average Bonchev–Trinajstić information content (AvgIpc) is 1.69. The zero-order chi connectivity index (χ0) is 5.11. The van der Waals surface area contributed by atoms with Gasteiger partial charge in [-0.15, -0.1) is 5.03 Å². The van der Waals surface area contributed by atoms with Gasteiger partial charge in [0.15, 0.2) is 0 Å². The van der Waals surface area contributed by atoms with Crippen LogP contribution in [0.3, 0.4) is 0 Å². The van der Waals surface area contributed by atoms with E-state index in [9.17, 15) is 0 Å². The molecule has 48 valence electrons. The van der Waals surface area contributed by atoms with E-state index in [1.807, 2.05) is 0 Å². The van der Waals surface area contributed by atoms with E-state index in [1.165, 1.54) is 6.42 Å². The monoisotopic (exact) mass is 132 g/mol. The Kier molecular flexibility index (Phi) is 3.56. The summed E-state index contributed by atoms with van der Waals surface area (Å²) < 4.78 is 0. The van der Waals surface area contributed by atoms with E-state index in [4.69, 9.17) is 12.6 Å². The van der Waals surface area contributed by atoms with Gasteiger partial charge < -0.3 is 24.1 Å². The molecule has 0 saturated heterocycles. The number of quaternary nitrogens is 1. The highest BCUT2D eigenvalue weighted by atomic mass is 32.1. The third kappa shape index (κ3) is 2.14. The Morgan fingerprint density at radius 3 is 2.62 bits per heavy atom. The van der Waals surface area contributed by atoms with Crippen LogP contribution in [0, 0.1) is 0 Å². The SMILES string of the molecule is [NH4+].[S-]C1=CCCCN1. The first-order valence-corrected chi connectivity index (χ1v) is 2.91. The molecule has 0 spiro atoms. The zero-order valence-corrected chi connectivity index (χ0v) is 5.92. The molecule has 0 aromatic rings. The molecule has 3 heteroatoms. The van der Waals surface area contributed by atoms with Gasteiger partial charge in [-0.3, -0.25) is 0 Å². The van der Waals surface area contributed by atoms with Gasteiger partial charge in [-0.05, 0) is 12.8 Å². The van der Waals surface area contributed by atoms with Gasteiger partial charge in [-0.1, -0.05) is 6.08 Å². The van der Waals surface area contributed by atoms with Crippen molar-refractivity contribution in [1.29, 1.82) is 0 Å². The summed E-state index contributed by atoms with van der Waals surface area (Å²) in [6, 6.07) is 0. The van der Waals surface area contributed by atoms with E-state index in [1.54, 1.807) is 0 Å². The predicted octanol–water partition coefficient (Wildman–Crippen LogP) is 1.13. The summed E-state index contributed by atoms with van der Waals surface area (Å²) in [6.07, 6.45) is 4.45. The molecule has 0 aliphatic carbocycles. The minimum Gasteiger partial charge on any atom is -0.763 e. The van der Waals surface area contributed by atoms with Crippen molar-refractivity contribution < 1.29 is 0 Å². The number of hydrogen-bond donors (Lipinski definition) is 2. The fourth-order valence-electron chi connectivity index (χ4n) is 0.619. The minimum atomic E-state index is 0. The maximum Gasteiger partial charge on any atom is 0.0128 e. The minimum absolute atomic E-state index is 0. The molecule has 1 heterocycles. The maximum atomic E-state index is 4.84. The quantitative estimate of drug-likeness (QED) is 0.485. The first kappa shape index (κ1) is 7.72. The highest BCUT2D eigenvalue weighted by molar-refractivity contribution is 7.63. The topological polar surface area (TPSA) is 48.5 Å².